The molecule has 0 aromatic rings. The average Bonchev–Trinajstić information content (AvgIpc) is 3.65. The second kappa shape index (κ2) is 18.3. The van der Waals surface area contributed by atoms with Crippen LogP contribution in [0.5, 0.6) is 0 Å². The molecule has 5 saturated heterocycles. The minimum Gasteiger partial charge on any atom is -0.396 e. The second-order valence-corrected chi connectivity index (χ2v) is 21.1. The van der Waals surface area contributed by atoms with Gasteiger partial charge in [-0.2, -0.15) is 0 Å². The van der Waals surface area contributed by atoms with Crippen molar-refractivity contribution in [2.24, 2.45) is 40.4 Å². The smallest absolute Gasteiger partial charge is 0.187 e. The van der Waals surface area contributed by atoms with Crippen LogP contribution in [0.15, 0.2) is 11.6 Å². The topological polar surface area (TPSA) is 317 Å². The van der Waals surface area contributed by atoms with E-state index >= 15 is 0 Å². The zero-order chi connectivity index (χ0) is 46.5. The van der Waals surface area contributed by atoms with E-state index in [0.29, 0.717) is 37.7 Å². The summed E-state index contributed by atoms with van der Waals surface area (Å²) in [4.78, 5) is 0. The molecule has 65 heavy (non-hydrogen) atoms. The third kappa shape index (κ3) is 7.73. The van der Waals surface area contributed by atoms with Gasteiger partial charge < -0.3 is 99.2 Å². The molecule has 9 rings (SSSR count). The summed E-state index contributed by atoms with van der Waals surface area (Å²) in [6.07, 6.45) is -16.6. The molecule has 3 saturated carbocycles. The predicted octanol–water partition coefficient (Wildman–Crippen LogP) is -2.73. The van der Waals surface area contributed by atoms with Crippen molar-refractivity contribution < 1.29 is 99.2 Å². The summed E-state index contributed by atoms with van der Waals surface area (Å²) in [5, 5.41) is 128. The zero-order valence-electron chi connectivity index (χ0n) is 37.3. The summed E-state index contributed by atoms with van der Waals surface area (Å²) < 4.78 is 48.5. The molecular formula is C45H72O20. The first-order chi connectivity index (χ1) is 30.9. The summed E-state index contributed by atoms with van der Waals surface area (Å²) >= 11 is 0. The molecule has 5 heterocycles. The summed E-state index contributed by atoms with van der Waals surface area (Å²) in [7, 11) is 0. The molecular weight excluding hydrogens is 860 g/mol. The Kier molecular flexibility index (Phi) is 13.8. The van der Waals surface area contributed by atoms with E-state index in [0.717, 1.165) is 38.5 Å². The number of allylic oxidation sites excluding steroid dienone is 1. The molecule has 20 nitrogen and oxygen atoms in total. The van der Waals surface area contributed by atoms with Crippen molar-refractivity contribution in [3.8, 4) is 0 Å². The highest BCUT2D eigenvalue weighted by atomic mass is 16.8. The molecule has 9 aliphatic rings. The fraction of sp³-hybridized carbons (Fsp3) is 0.956. The van der Waals surface area contributed by atoms with E-state index in [9.17, 15) is 61.3 Å². The Labute approximate surface area is 377 Å². The van der Waals surface area contributed by atoms with Crippen LogP contribution in [0.1, 0.15) is 78.6 Å². The van der Waals surface area contributed by atoms with Crippen molar-refractivity contribution in [1.29, 1.82) is 0 Å². The quantitative estimate of drug-likeness (QED) is 0.0990. The van der Waals surface area contributed by atoms with Crippen LogP contribution in [0.2, 0.25) is 0 Å². The van der Waals surface area contributed by atoms with E-state index in [2.05, 4.69) is 26.8 Å². The molecule has 5 aliphatic heterocycles. The lowest BCUT2D eigenvalue weighted by molar-refractivity contribution is -0.390. The number of rotatable bonds is 10. The number of ether oxygens (including phenoxy) is 8. The number of hydrogen-bond acceptors (Lipinski definition) is 20. The predicted molar refractivity (Wildman–Crippen MR) is 218 cm³/mol. The SMILES string of the molecule is CC1C2(CCC(CO)CO2)OC2CC3C4CC=C5CC(OC6OC(CO)C(OC7OC(CO)C(O)C(O)C7OC7OC(CO)C(O)C(O)C7O)C(O)C6O)CCC5(C)C4CCC3(C)C21O. The first kappa shape index (κ1) is 48.9. The normalized spacial score (nSPS) is 56.7. The maximum atomic E-state index is 12.8. The minimum absolute atomic E-state index is 0.0760. The van der Waals surface area contributed by atoms with E-state index in [4.69, 9.17) is 37.9 Å². The van der Waals surface area contributed by atoms with Crippen LogP contribution in [0.4, 0.5) is 0 Å². The summed E-state index contributed by atoms with van der Waals surface area (Å²) in [5.41, 5.74) is -0.255. The van der Waals surface area contributed by atoms with Crippen molar-refractivity contribution in [2.45, 2.75) is 194 Å². The molecule has 0 bridgehead atoms. The highest BCUT2D eigenvalue weighted by Gasteiger charge is 2.76. The maximum Gasteiger partial charge on any atom is 0.187 e. The Hall–Kier alpha value is -1.06. The van der Waals surface area contributed by atoms with Crippen molar-refractivity contribution >= 4 is 0 Å². The van der Waals surface area contributed by atoms with Crippen LogP contribution in [0.3, 0.4) is 0 Å². The fourth-order valence-corrected chi connectivity index (χ4v) is 14.1. The van der Waals surface area contributed by atoms with E-state index in [1.54, 1.807) is 0 Å². The van der Waals surface area contributed by atoms with Crippen LogP contribution >= 0.6 is 0 Å². The fourth-order valence-electron chi connectivity index (χ4n) is 14.1. The monoisotopic (exact) mass is 932 g/mol. The lowest BCUT2D eigenvalue weighted by atomic mass is 9.46. The Morgan fingerprint density at radius 3 is 1.92 bits per heavy atom. The molecule has 372 valence electrons. The molecule has 26 unspecified atom stereocenters. The van der Waals surface area contributed by atoms with Gasteiger partial charge in [-0.1, -0.05) is 32.4 Å². The van der Waals surface area contributed by atoms with Gasteiger partial charge in [-0.15, -0.1) is 0 Å². The molecule has 20 heteroatoms. The van der Waals surface area contributed by atoms with Gasteiger partial charge in [0.05, 0.1) is 38.6 Å². The summed E-state index contributed by atoms with van der Waals surface area (Å²) in [6.45, 7) is 4.87. The van der Waals surface area contributed by atoms with Crippen LogP contribution in [0, 0.1) is 40.4 Å². The van der Waals surface area contributed by atoms with E-state index < -0.39 is 129 Å². The molecule has 0 aromatic heterocycles. The van der Waals surface area contributed by atoms with Gasteiger partial charge in [-0.3, -0.25) is 0 Å². The van der Waals surface area contributed by atoms with Crippen LogP contribution in [0.25, 0.3) is 0 Å². The molecule has 8 fully saturated rings. The highest BCUT2D eigenvalue weighted by Crippen LogP contribution is 2.72. The first-order valence-corrected chi connectivity index (χ1v) is 23.8. The lowest BCUT2D eigenvalue weighted by Crippen LogP contribution is -2.67. The molecule has 26 atom stereocenters. The van der Waals surface area contributed by atoms with Crippen molar-refractivity contribution in [3.63, 3.8) is 0 Å². The minimum atomic E-state index is -1.91. The number of aliphatic hydroxyl groups is 12. The van der Waals surface area contributed by atoms with E-state index in [1.165, 1.54) is 5.57 Å². The van der Waals surface area contributed by atoms with Crippen molar-refractivity contribution in [1.82, 2.24) is 0 Å². The first-order valence-electron chi connectivity index (χ1n) is 23.8. The highest BCUT2D eigenvalue weighted by molar-refractivity contribution is 5.29. The van der Waals surface area contributed by atoms with Gasteiger partial charge in [0.1, 0.15) is 78.8 Å². The molecule has 12 N–H and O–H groups in total. The number of fused-ring (bicyclic) bond motifs is 7. The lowest BCUT2D eigenvalue weighted by Gasteiger charge is -2.60. The van der Waals surface area contributed by atoms with E-state index in [1.807, 2.05) is 0 Å². The Bertz CT molecular complexity index is 1700. The largest absolute Gasteiger partial charge is 0.396 e. The molecule has 4 aliphatic carbocycles. The maximum absolute atomic E-state index is 12.8. The number of hydrogen-bond donors (Lipinski definition) is 12. The molecule has 0 aromatic carbocycles. The van der Waals surface area contributed by atoms with Gasteiger partial charge in [-0.25, -0.2) is 0 Å². The molecule has 0 amide bonds. The third-order valence-electron chi connectivity index (χ3n) is 18.1. The summed E-state index contributed by atoms with van der Waals surface area (Å²) in [5.74, 6) is 0.00208. The second-order valence-electron chi connectivity index (χ2n) is 21.1. The van der Waals surface area contributed by atoms with Gasteiger partial charge in [0.2, 0.25) is 0 Å². The standard InChI is InChI=1S/C45H72O20/c1-19-44(11-6-20(14-46)18-58-44)65-29-13-25-23-5-4-21-12-22(7-9-42(21,2)24(23)8-10-43(25,3)45(19,29)57)59-39-36(56)34(54)37(28(17-49)62-39)63-41-38(33(53)31(51)27(16-48)61-41)64-40-35(55)32(52)30(50)26(15-47)60-40/h4,19-20,22-41,46-57H,5-18H2,1-3H3. The van der Waals surface area contributed by atoms with Crippen molar-refractivity contribution in [3.05, 3.63) is 11.6 Å². The Balaban J connectivity index is 0.853. The Morgan fingerprint density at radius 2 is 1.26 bits per heavy atom. The van der Waals surface area contributed by atoms with Crippen LogP contribution < -0.4 is 0 Å². The van der Waals surface area contributed by atoms with Gasteiger partial charge in [0, 0.05) is 30.3 Å². The Morgan fingerprint density at radius 1 is 0.646 bits per heavy atom. The van der Waals surface area contributed by atoms with Gasteiger partial charge >= 0.3 is 0 Å². The van der Waals surface area contributed by atoms with Gasteiger partial charge in [0.15, 0.2) is 24.7 Å². The van der Waals surface area contributed by atoms with E-state index in [-0.39, 0.29) is 41.3 Å². The van der Waals surface area contributed by atoms with Crippen LogP contribution in [-0.4, -0.2) is 210 Å². The van der Waals surface area contributed by atoms with Gasteiger partial charge in [-0.05, 0) is 74.5 Å². The average molecular weight is 933 g/mol. The number of aliphatic hydroxyl groups excluding tert-OH is 11. The zero-order valence-corrected chi connectivity index (χ0v) is 37.3. The molecule has 0 radical (unpaired) electrons. The van der Waals surface area contributed by atoms with Crippen molar-refractivity contribution in [2.75, 3.05) is 33.0 Å². The summed E-state index contributed by atoms with van der Waals surface area (Å²) in [6, 6.07) is 0. The molecule has 1 spiro atoms. The third-order valence-corrected chi connectivity index (χ3v) is 18.1. The van der Waals surface area contributed by atoms with Crippen LogP contribution in [-0.2, 0) is 37.9 Å². The van der Waals surface area contributed by atoms with Gasteiger partial charge in [0.25, 0.3) is 0 Å².